The molecule has 0 amide bonds. The molecule has 1 N–H and O–H groups in total. The number of aromatic nitrogens is 1. The number of ether oxygens (including phenoxy) is 1. The highest BCUT2D eigenvalue weighted by Crippen LogP contribution is 2.32. The molecule has 0 fully saturated rings. The van der Waals surface area contributed by atoms with E-state index >= 15 is 0 Å². The third-order valence-electron chi connectivity index (χ3n) is 2.47. The molecule has 1 aliphatic heterocycles. The zero-order valence-corrected chi connectivity index (χ0v) is 8.40. The van der Waals surface area contributed by atoms with Crippen molar-refractivity contribution >= 4 is 11.5 Å². The van der Waals surface area contributed by atoms with Gasteiger partial charge in [-0.1, -0.05) is 6.07 Å². The number of benzene rings is 1. The van der Waals surface area contributed by atoms with Gasteiger partial charge >= 0.3 is 0 Å². The van der Waals surface area contributed by atoms with Crippen LogP contribution in [0.1, 0.15) is 5.56 Å². The Morgan fingerprint density at radius 1 is 1.31 bits per heavy atom. The number of pyridine rings is 1. The van der Waals surface area contributed by atoms with Crippen LogP contribution in [0.15, 0.2) is 36.5 Å². The number of nitrogens with one attached hydrogen (secondary N) is 1. The van der Waals surface area contributed by atoms with Gasteiger partial charge in [-0.25, -0.2) is 9.37 Å². The van der Waals surface area contributed by atoms with Gasteiger partial charge in [0.2, 0.25) is 0 Å². The lowest BCUT2D eigenvalue weighted by molar-refractivity contribution is 0.309. The summed E-state index contributed by atoms with van der Waals surface area (Å²) in [5.74, 6) is 0.963. The Labute approximate surface area is 91.9 Å². The number of fused-ring (bicyclic) bond motifs is 2. The number of halogens is 1. The predicted molar refractivity (Wildman–Crippen MR) is 58.3 cm³/mol. The molecule has 0 spiro atoms. The highest BCUT2D eigenvalue weighted by molar-refractivity contribution is 5.67. The van der Waals surface area contributed by atoms with Gasteiger partial charge in [-0.15, -0.1) is 0 Å². The van der Waals surface area contributed by atoms with Gasteiger partial charge in [0, 0.05) is 17.8 Å². The molecule has 0 aliphatic carbocycles. The molecule has 0 saturated carbocycles. The van der Waals surface area contributed by atoms with Crippen LogP contribution in [-0.4, -0.2) is 4.98 Å². The minimum absolute atomic E-state index is 0.306. The Morgan fingerprint density at radius 3 is 3.19 bits per heavy atom. The summed E-state index contributed by atoms with van der Waals surface area (Å²) in [6.07, 6.45) is 1.71. The van der Waals surface area contributed by atoms with Crippen LogP contribution in [0.3, 0.4) is 0 Å². The predicted octanol–water partition coefficient (Wildman–Crippen LogP) is 2.86. The summed E-state index contributed by atoms with van der Waals surface area (Å²) in [5, 5.41) is 3.13. The van der Waals surface area contributed by atoms with Gasteiger partial charge in [0.25, 0.3) is 0 Å². The first-order valence-electron chi connectivity index (χ1n) is 4.96. The second-order valence-electron chi connectivity index (χ2n) is 3.57. The van der Waals surface area contributed by atoms with E-state index in [1.165, 1.54) is 12.1 Å². The lowest BCUT2D eigenvalue weighted by Crippen LogP contribution is -1.95. The maximum atomic E-state index is 13.0. The first-order valence-corrected chi connectivity index (χ1v) is 4.96. The molecule has 1 aromatic heterocycles. The molecule has 2 aromatic rings. The van der Waals surface area contributed by atoms with Crippen molar-refractivity contribution < 1.29 is 9.13 Å². The Morgan fingerprint density at radius 2 is 2.25 bits per heavy atom. The largest absolute Gasteiger partial charge is 0.486 e. The first kappa shape index (κ1) is 9.15. The number of nitrogens with zero attached hydrogens (tertiary/aromatic N) is 1. The standard InChI is InChI=1S/C12H9FN2O/c13-9-3-4-10-11(6-9)16-7-8-2-1-5-14-12(8)15-10/h1-6H,7H2,(H,14,15). The molecule has 0 atom stereocenters. The van der Waals surface area contributed by atoms with Crippen LogP contribution in [0.25, 0.3) is 0 Å². The zero-order chi connectivity index (χ0) is 11.0. The Kier molecular flexibility index (Phi) is 1.99. The third-order valence-corrected chi connectivity index (χ3v) is 2.47. The van der Waals surface area contributed by atoms with Crippen LogP contribution in [0.4, 0.5) is 15.9 Å². The summed E-state index contributed by atoms with van der Waals surface area (Å²) < 4.78 is 18.5. The highest BCUT2D eigenvalue weighted by Gasteiger charge is 2.14. The van der Waals surface area contributed by atoms with Crippen molar-refractivity contribution in [2.45, 2.75) is 6.61 Å². The molecule has 1 aliphatic rings. The van der Waals surface area contributed by atoms with E-state index in [2.05, 4.69) is 10.3 Å². The maximum Gasteiger partial charge on any atom is 0.146 e. The quantitative estimate of drug-likeness (QED) is 0.735. The fourth-order valence-electron chi connectivity index (χ4n) is 1.67. The summed E-state index contributed by atoms with van der Waals surface area (Å²) in [6, 6.07) is 8.18. The fraction of sp³-hybridized carbons (Fsp3) is 0.0833. The zero-order valence-electron chi connectivity index (χ0n) is 8.40. The molecule has 16 heavy (non-hydrogen) atoms. The summed E-state index contributed by atoms with van der Waals surface area (Å²) in [7, 11) is 0. The molecule has 0 unspecified atom stereocenters. The van der Waals surface area contributed by atoms with Crippen LogP contribution in [0.2, 0.25) is 0 Å². The van der Waals surface area contributed by atoms with Gasteiger partial charge in [-0.3, -0.25) is 0 Å². The molecule has 0 bridgehead atoms. The van der Waals surface area contributed by atoms with E-state index in [9.17, 15) is 4.39 Å². The second-order valence-corrected chi connectivity index (χ2v) is 3.57. The van der Waals surface area contributed by atoms with Gasteiger partial charge in [-0.05, 0) is 18.2 Å². The molecule has 0 radical (unpaired) electrons. The topological polar surface area (TPSA) is 34.1 Å². The average Bonchev–Trinajstić information content (AvgIpc) is 2.48. The molecule has 80 valence electrons. The smallest absolute Gasteiger partial charge is 0.146 e. The minimum atomic E-state index is -0.306. The molecular formula is C12H9FN2O. The SMILES string of the molecule is Fc1ccc2c(c1)OCc1cccnc1N2. The molecule has 3 rings (SSSR count). The van der Waals surface area contributed by atoms with E-state index in [-0.39, 0.29) is 5.82 Å². The monoisotopic (exact) mass is 216 g/mol. The van der Waals surface area contributed by atoms with E-state index < -0.39 is 0 Å². The van der Waals surface area contributed by atoms with Gasteiger partial charge in [-0.2, -0.15) is 0 Å². The van der Waals surface area contributed by atoms with Crippen molar-refractivity contribution in [2.75, 3.05) is 5.32 Å². The molecule has 2 heterocycles. The van der Waals surface area contributed by atoms with Gasteiger partial charge in [0.1, 0.15) is 24.0 Å². The second kappa shape index (κ2) is 3.48. The van der Waals surface area contributed by atoms with E-state index in [1.807, 2.05) is 12.1 Å². The van der Waals surface area contributed by atoms with Crippen molar-refractivity contribution in [1.82, 2.24) is 4.98 Å². The average molecular weight is 216 g/mol. The Hall–Kier alpha value is -2.10. The van der Waals surface area contributed by atoms with E-state index in [4.69, 9.17) is 4.74 Å². The van der Waals surface area contributed by atoms with Crippen molar-refractivity contribution in [3.05, 3.63) is 47.9 Å². The van der Waals surface area contributed by atoms with Crippen LogP contribution in [0.5, 0.6) is 5.75 Å². The van der Waals surface area contributed by atoms with Gasteiger partial charge < -0.3 is 10.1 Å². The molecular weight excluding hydrogens is 207 g/mol. The summed E-state index contributed by atoms with van der Waals surface area (Å²) in [4.78, 5) is 4.22. The molecule has 0 saturated heterocycles. The van der Waals surface area contributed by atoms with Gasteiger partial charge in [0.15, 0.2) is 0 Å². The summed E-state index contributed by atoms with van der Waals surface area (Å²) >= 11 is 0. The molecule has 1 aromatic carbocycles. The van der Waals surface area contributed by atoms with Crippen molar-refractivity contribution in [2.24, 2.45) is 0 Å². The number of anilines is 2. The minimum Gasteiger partial charge on any atom is -0.486 e. The van der Waals surface area contributed by atoms with E-state index in [1.54, 1.807) is 12.3 Å². The maximum absolute atomic E-state index is 13.0. The molecule has 3 nitrogen and oxygen atoms in total. The van der Waals surface area contributed by atoms with Crippen LogP contribution >= 0.6 is 0 Å². The van der Waals surface area contributed by atoms with Crippen LogP contribution in [0, 0.1) is 5.82 Å². The summed E-state index contributed by atoms with van der Waals surface area (Å²) in [6.45, 7) is 0.395. The third kappa shape index (κ3) is 1.48. The van der Waals surface area contributed by atoms with Gasteiger partial charge in [0.05, 0.1) is 5.69 Å². The highest BCUT2D eigenvalue weighted by atomic mass is 19.1. The first-order chi connectivity index (χ1) is 7.83. The number of hydrogen-bond donors (Lipinski definition) is 1. The number of hydrogen-bond acceptors (Lipinski definition) is 3. The van der Waals surface area contributed by atoms with Crippen molar-refractivity contribution in [1.29, 1.82) is 0 Å². The summed E-state index contributed by atoms with van der Waals surface area (Å²) in [5.41, 5.74) is 1.69. The molecule has 4 heteroatoms. The van der Waals surface area contributed by atoms with Crippen molar-refractivity contribution in [3.8, 4) is 5.75 Å². The lowest BCUT2D eigenvalue weighted by atomic mass is 10.2. The fourth-order valence-corrected chi connectivity index (χ4v) is 1.67. The van der Waals surface area contributed by atoms with Crippen LogP contribution < -0.4 is 10.1 Å². The van der Waals surface area contributed by atoms with Crippen molar-refractivity contribution in [3.63, 3.8) is 0 Å². The normalized spacial score (nSPS) is 12.8. The Bertz CT molecular complexity index is 542. The van der Waals surface area contributed by atoms with E-state index in [0.717, 1.165) is 17.1 Å². The Balaban J connectivity index is 2.08. The van der Waals surface area contributed by atoms with E-state index in [0.29, 0.717) is 12.4 Å². The van der Waals surface area contributed by atoms with Crippen LogP contribution in [-0.2, 0) is 6.61 Å². The lowest BCUT2D eigenvalue weighted by Gasteiger charge is -2.06. The number of rotatable bonds is 0.